The predicted molar refractivity (Wildman–Crippen MR) is 92.9 cm³/mol. The van der Waals surface area contributed by atoms with Gasteiger partial charge in [-0.1, -0.05) is 11.3 Å². The second-order valence-electron chi connectivity index (χ2n) is 5.99. The van der Waals surface area contributed by atoms with E-state index in [9.17, 15) is 9.59 Å². The van der Waals surface area contributed by atoms with Crippen molar-refractivity contribution in [3.8, 4) is 0 Å². The van der Waals surface area contributed by atoms with Crippen LogP contribution in [-0.4, -0.2) is 34.5 Å². The largest absolute Gasteiger partial charge is 0.343 e. The first-order valence-electron chi connectivity index (χ1n) is 7.60. The monoisotopic (exact) mass is 347 g/mol. The average molecular weight is 348 g/mol. The van der Waals surface area contributed by atoms with Crippen LogP contribution in [0.4, 0.5) is 0 Å². The standard InChI is InChI=1S/C15H25N3O2S.ClH/c1-10(16)13-4-7-17(8-5-13)14(19)6-9-18-11(2)12(3)21-15(18)20;/h10,13H,4-9,16H2,1-3H3;1H. The molecule has 1 aromatic rings. The summed E-state index contributed by atoms with van der Waals surface area (Å²) in [6.45, 7) is 7.99. The number of nitrogens with zero attached hydrogens (tertiary/aromatic N) is 2. The molecule has 1 unspecified atom stereocenters. The molecule has 0 saturated carbocycles. The molecule has 2 N–H and O–H groups in total. The molecule has 0 aromatic carbocycles. The van der Waals surface area contributed by atoms with Gasteiger partial charge in [0.2, 0.25) is 5.91 Å². The van der Waals surface area contributed by atoms with Gasteiger partial charge in [-0.25, -0.2) is 0 Å². The van der Waals surface area contributed by atoms with Crippen molar-refractivity contribution < 1.29 is 4.79 Å². The number of likely N-dealkylation sites (tertiary alicyclic amines) is 1. The molecule has 1 atom stereocenters. The van der Waals surface area contributed by atoms with Crippen LogP contribution in [0, 0.1) is 19.8 Å². The second kappa shape index (κ2) is 8.13. The van der Waals surface area contributed by atoms with Crippen LogP contribution in [0.5, 0.6) is 0 Å². The maximum Gasteiger partial charge on any atom is 0.307 e. The van der Waals surface area contributed by atoms with Gasteiger partial charge < -0.3 is 15.2 Å². The lowest BCUT2D eigenvalue weighted by atomic mass is 9.91. The first kappa shape index (κ1) is 19.2. The summed E-state index contributed by atoms with van der Waals surface area (Å²) in [7, 11) is 0. The van der Waals surface area contributed by atoms with Crippen molar-refractivity contribution in [2.75, 3.05) is 13.1 Å². The predicted octanol–water partition coefficient (Wildman–Crippen LogP) is 1.92. The third kappa shape index (κ3) is 4.33. The fourth-order valence-corrected chi connectivity index (χ4v) is 3.74. The Morgan fingerprint density at radius 3 is 2.41 bits per heavy atom. The van der Waals surface area contributed by atoms with Gasteiger partial charge in [0.05, 0.1) is 0 Å². The van der Waals surface area contributed by atoms with Crippen molar-refractivity contribution in [1.82, 2.24) is 9.47 Å². The number of aromatic nitrogens is 1. The highest BCUT2D eigenvalue weighted by Gasteiger charge is 2.24. The highest BCUT2D eigenvalue weighted by Crippen LogP contribution is 2.20. The molecule has 0 radical (unpaired) electrons. The summed E-state index contributed by atoms with van der Waals surface area (Å²) in [4.78, 5) is 27.1. The Balaban J connectivity index is 0.00000242. The Morgan fingerprint density at radius 1 is 1.36 bits per heavy atom. The molecule has 7 heteroatoms. The van der Waals surface area contributed by atoms with Crippen LogP contribution in [0.1, 0.15) is 36.8 Å². The maximum atomic E-state index is 12.3. The summed E-state index contributed by atoms with van der Waals surface area (Å²) >= 11 is 1.26. The smallest absolute Gasteiger partial charge is 0.307 e. The zero-order chi connectivity index (χ0) is 15.6. The van der Waals surface area contributed by atoms with Gasteiger partial charge in [0.15, 0.2) is 0 Å². The lowest BCUT2D eigenvalue weighted by Crippen LogP contribution is -2.42. The van der Waals surface area contributed by atoms with Crippen molar-refractivity contribution in [1.29, 1.82) is 0 Å². The molecule has 1 aliphatic rings. The number of carbonyl (C=O) groups is 1. The molecule has 0 bridgehead atoms. The van der Waals surface area contributed by atoms with Crippen LogP contribution < -0.4 is 10.6 Å². The maximum absolute atomic E-state index is 12.3. The van der Waals surface area contributed by atoms with Crippen LogP contribution in [0.3, 0.4) is 0 Å². The molecule has 2 heterocycles. The van der Waals surface area contributed by atoms with E-state index in [2.05, 4.69) is 0 Å². The number of aryl methyl sites for hydroxylation is 1. The third-order valence-corrected chi connectivity index (χ3v) is 5.56. The zero-order valence-electron chi connectivity index (χ0n) is 13.5. The number of hydrogen-bond donors (Lipinski definition) is 1. The number of carbonyl (C=O) groups excluding carboxylic acids is 1. The number of thiazole rings is 1. The normalized spacial score (nSPS) is 17.2. The van der Waals surface area contributed by atoms with E-state index in [4.69, 9.17) is 5.73 Å². The van der Waals surface area contributed by atoms with Gasteiger partial charge in [-0.2, -0.15) is 0 Å². The van der Waals surface area contributed by atoms with Crippen LogP contribution in [-0.2, 0) is 11.3 Å². The SMILES string of the molecule is Cc1sc(=O)n(CCC(=O)N2CCC(C(C)N)CC2)c1C.Cl. The van der Waals surface area contributed by atoms with Crippen molar-refractivity contribution in [2.24, 2.45) is 11.7 Å². The molecular weight excluding hydrogens is 322 g/mol. The lowest BCUT2D eigenvalue weighted by Gasteiger charge is -2.33. The minimum atomic E-state index is 0. The van der Waals surface area contributed by atoms with Crippen LogP contribution in [0.15, 0.2) is 4.79 Å². The molecule has 1 aromatic heterocycles. The van der Waals surface area contributed by atoms with Crippen LogP contribution in [0.25, 0.3) is 0 Å². The summed E-state index contributed by atoms with van der Waals surface area (Å²) in [6, 6.07) is 0.206. The van der Waals surface area contributed by atoms with E-state index in [0.29, 0.717) is 18.9 Å². The number of halogens is 1. The first-order chi connectivity index (χ1) is 9.90. The highest BCUT2D eigenvalue weighted by atomic mass is 35.5. The number of rotatable bonds is 4. The summed E-state index contributed by atoms with van der Waals surface area (Å²) < 4.78 is 1.71. The van der Waals surface area contributed by atoms with E-state index < -0.39 is 0 Å². The molecule has 0 spiro atoms. The third-order valence-electron chi connectivity index (χ3n) is 4.56. The van der Waals surface area contributed by atoms with Gasteiger partial charge in [-0.3, -0.25) is 9.59 Å². The van der Waals surface area contributed by atoms with Crippen molar-refractivity contribution in [3.05, 3.63) is 20.2 Å². The highest BCUT2D eigenvalue weighted by molar-refractivity contribution is 7.09. The Labute approximate surface area is 141 Å². The minimum absolute atomic E-state index is 0. The lowest BCUT2D eigenvalue weighted by molar-refractivity contribution is -0.132. The Kier molecular flexibility index (Phi) is 7.09. The quantitative estimate of drug-likeness (QED) is 0.904. The van der Waals surface area contributed by atoms with Crippen molar-refractivity contribution >= 4 is 29.7 Å². The van der Waals surface area contributed by atoms with E-state index in [-0.39, 0.29) is 29.2 Å². The van der Waals surface area contributed by atoms with E-state index in [0.717, 1.165) is 36.5 Å². The molecule has 0 aliphatic carbocycles. The van der Waals surface area contributed by atoms with Gasteiger partial charge in [0.25, 0.3) is 0 Å². The molecule has 1 aliphatic heterocycles. The van der Waals surface area contributed by atoms with Gasteiger partial charge in [-0.15, -0.1) is 12.4 Å². The van der Waals surface area contributed by atoms with E-state index in [1.54, 1.807) is 4.57 Å². The summed E-state index contributed by atoms with van der Waals surface area (Å²) in [5.74, 6) is 0.673. The average Bonchev–Trinajstić information content (AvgIpc) is 2.70. The molecule has 1 amide bonds. The van der Waals surface area contributed by atoms with Gasteiger partial charge >= 0.3 is 4.87 Å². The van der Waals surface area contributed by atoms with Crippen LogP contribution in [0.2, 0.25) is 0 Å². The Morgan fingerprint density at radius 2 is 1.95 bits per heavy atom. The number of piperidine rings is 1. The van der Waals surface area contributed by atoms with Gasteiger partial charge in [0, 0.05) is 42.7 Å². The molecular formula is C15H26ClN3O2S. The fraction of sp³-hybridized carbons (Fsp3) is 0.733. The van der Waals surface area contributed by atoms with E-state index >= 15 is 0 Å². The van der Waals surface area contributed by atoms with Gasteiger partial charge in [0.1, 0.15) is 0 Å². The number of amides is 1. The number of hydrogen-bond acceptors (Lipinski definition) is 4. The Hall–Kier alpha value is -0.850. The van der Waals surface area contributed by atoms with Gasteiger partial charge in [-0.05, 0) is 39.5 Å². The second-order valence-corrected chi connectivity index (χ2v) is 7.15. The molecule has 126 valence electrons. The zero-order valence-corrected chi connectivity index (χ0v) is 15.1. The Bertz CT molecular complexity index is 560. The summed E-state index contributed by atoms with van der Waals surface area (Å²) in [6.07, 6.45) is 2.37. The number of nitrogens with two attached hydrogens (primary N) is 1. The molecule has 5 nitrogen and oxygen atoms in total. The molecule has 2 rings (SSSR count). The molecule has 1 fully saturated rings. The first-order valence-corrected chi connectivity index (χ1v) is 8.42. The molecule has 1 saturated heterocycles. The fourth-order valence-electron chi connectivity index (χ4n) is 2.89. The van der Waals surface area contributed by atoms with E-state index in [1.165, 1.54) is 11.3 Å². The minimum Gasteiger partial charge on any atom is -0.343 e. The van der Waals surface area contributed by atoms with Crippen molar-refractivity contribution in [2.45, 2.75) is 52.6 Å². The van der Waals surface area contributed by atoms with Crippen molar-refractivity contribution in [3.63, 3.8) is 0 Å². The summed E-state index contributed by atoms with van der Waals surface area (Å²) in [5, 5.41) is 0. The van der Waals surface area contributed by atoms with E-state index in [1.807, 2.05) is 25.7 Å². The molecule has 22 heavy (non-hydrogen) atoms. The topological polar surface area (TPSA) is 68.3 Å². The summed E-state index contributed by atoms with van der Waals surface area (Å²) in [5.41, 5.74) is 6.90. The van der Waals surface area contributed by atoms with Crippen LogP contribution >= 0.6 is 23.7 Å².